The van der Waals surface area contributed by atoms with Crippen molar-refractivity contribution in [3.05, 3.63) is 24.3 Å². The van der Waals surface area contributed by atoms with Gasteiger partial charge < -0.3 is 24.5 Å². The van der Waals surface area contributed by atoms with E-state index in [0.29, 0.717) is 19.3 Å². The Labute approximate surface area is 347 Å². The number of carbonyl (C=O) groups excluding carboxylic acids is 3. The molecule has 0 saturated carbocycles. The Balaban J connectivity index is -0.000000926. The number of carboxylic acids is 2. The Morgan fingerprint density at radius 1 is 0.396 bits per heavy atom. The number of rotatable bonds is 38. The maximum absolute atomic E-state index is 11.1. The predicted molar refractivity (Wildman–Crippen MR) is 212 cm³/mol. The second kappa shape index (κ2) is 48.4. The average molecular weight is 759 g/mol. The van der Waals surface area contributed by atoms with Crippen LogP contribution in [-0.2, 0) is 28.7 Å². The quantitative estimate of drug-likeness (QED) is 0.0287. The van der Waals surface area contributed by atoms with Gasteiger partial charge in [0.2, 0.25) is 0 Å². The summed E-state index contributed by atoms with van der Waals surface area (Å²) in [5, 5.41) is 18.5. The minimum atomic E-state index is -1.38. The second-order valence-corrected chi connectivity index (χ2v) is 14.3. The summed E-state index contributed by atoms with van der Waals surface area (Å²) in [6.07, 6.45) is 45.2. The Kier molecular flexibility index (Phi) is 50.8. The maximum Gasteiger partial charge on any atom is 1.00 e. The van der Waals surface area contributed by atoms with Gasteiger partial charge in [-0.25, -0.2) is 14.4 Å². The van der Waals surface area contributed by atoms with Crippen LogP contribution in [0.3, 0.4) is 0 Å². The van der Waals surface area contributed by atoms with Crippen molar-refractivity contribution in [2.45, 2.75) is 219 Å². The molecule has 0 aromatic rings. The number of ether oxygens (including phenoxy) is 2. The van der Waals surface area contributed by atoms with Crippen molar-refractivity contribution in [3.8, 4) is 0 Å². The molecule has 0 aromatic heterocycles. The summed E-state index contributed by atoms with van der Waals surface area (Å²) in [4.78, 5) is 42.6. The monoisotopic (exact) mass is 759 g/mol. The Morgan fingerprint density at radius 3 is 0.849 bits per heavy atom. The van der Waals surface area contributed by atoms with E-state index in [0.717, 1.165) is 43.9 Å². The number of carboxylic acid groups (broad SMARTS) is 2. The van der Waals surface area contributed by atoms with Gasteiger partial charge in [-0.2, -0.15) is 0 Å². The molecule has 0 fully saturated rings. The average Bonchev–Trinajstić information content (AvgIpc) is 3.12. The molecule has 0 bridgehead atoms. The van der Waals surface area contributed by atoms with Crippen molar-refractivity contribution in [2.24, 2.45) is 0 Å². The summed E-state index contributed by atoms with van der Waals surface area (Å²) in [6.45, 7) is 5.26. The van der Waals surface area contributed by atoms with Gasteiger partial charge in [0.25, 0.3) is 0 Å². The summed E-state index contributed by atoms with van der Waals surface area (Å²) < 4.78 is 9.82. The van der Waals surface area contributed by atoms with Gasteiger partial charge in [-0.3, -0.25) is 0 Å². The molecule has 0 saturated heterocycles. The maximum atomic E-state index is 11.1. The van der Waals surface area contributed by atoms with Crippen LogP contribution in [0.5, 0.6) is 0 Å². The molecule has 53 heavy (non-hydrogen) atoms. The Hall–Kier alpha value is -1.64. The van der Waals surface area contributed by atoms with Crippen LogP contribution < -0.4 is 34.7 Å². The van der Waals surface area contributed by atoms with Gasteiger partial charge in [0, 0.05) is 18.2 Å². The van der Waals surface area contributed by atoms with Crippen LogP contribution in [0.25, 0.3) is 0 Å². The Bertz CT molecular complexity index is 803. The fraction of sp³-hybridized carbons (Fsp3) is 0.818. The van der Waals surface area contributed by atoms with Crippen molar-refractivity contribution in [1.82, 2.24) is 0 Å². The van der Waals surface area contributed by atoms with Gasteiger partial charge in [0.1, 0.15) is 0 Å². The smallest absolute Gasteiger partial charge is 0.545 e. The predicted octanol–water partition coefficient (Wildman–Crippen LogP) is 8.53. The van der Waals surface area contributed by atoms with Crippen molar-refractivity contribution < 1.29 is 68.4 Å². The van der Waals surface area contributed by atoms with Crippen LogP contribution >= 0.6 is 0 Å². The van der Waals surface area contributed by atoms with Gasteiger partial charge in [0.05, 0.1) is 19.2 Å². The summed E-state index contributed by atoms with van der Waals surface area (Å²) in [6, 6.07) is 0. The van der Waals surface area contributed by atoms with Crippen LogP contribution in [0.15, 0.2) is 24.3 Å². The first-order valence-electron chi connectivity index (χ1n) is 21.5. The molecular formula is C44H79NaO8. The molecule has 0 aliphatic carbocycles. The topological polar surface area (TPSA) is 130 Å². The van der Waals surface area contributed by atoms with E-state index in [4.69, 9.17) is 14.6 Å². The van der Waals surface area contributed by atoms with Crippen LogP contribution in [0, 0.1) is 0 Å². The molecule has 0 amide bonds. The first-order valence-corrected chi connectivity index (χ1v) is 21.5. The summed E-state index contributed by atoms with van der Waals surface area (Å²) in [7, 11) is 0. The van der Waals surface area contributed by atoms with E-state index in [-0.39, 0.29) is 29.6 Å². The largest absolute Gasteiger partial charge is 1.00 e. The second-order valence-electron chi connectivity index (χ2n) is 14.3. The molecule has 0 aliphatic heterocycles. The molecule has 9 heteroatoms. The van der Waals surface area contributed by atoms with Gasteiger partial charge in [-0.15, -0.1) is 0 Å². The molecule has 0 unspecified atom stereocenters. The number of carbonyl (C=O) groups is 4. The van der Waals surface area contributed by atoms with E-state index in [1.807, 2.05) is 0 Å². The van der Waals surface area contributed by atoms with E-state index in [1.54, 1.807) is 0 Å². The fourth-order valence-electron chi connectivity index (χ4n) is 6.02. The minimum absolute atomic E-state index is 0. The molecule has 0 rings (SSSR count). The van der Waals surface area contributed by atoms with Crippen LogP contribution in [0.1, 0.15) is 219 Å². The number of unbranched alkanes of at least 4 members (excludes halogenated alkanes) is 30. The molecule has 1 N–H and O–H groups in total. The van der Waals surface area contributed by atoms with Crippen LogP contribution in [0.4, 0.5) is 0 Å². The molecule has 0 spiro atoms. The first-order chi connectivity index (χ1) is 25.3. The molecule has 0 aromatic carbocycles. The van der Waals surface area contributed by atoms with Crippen molar-refractivity contribution >= 4 is 23.9 Å². The molecule has 0 heterocycles. The van der Waals surface area contributed by atoms with E-state index in [2.05, 4.69) is 13.8 Å². The molecule has 8 nitrogen and oxygen atoms in total. The number of aliphatic carboxylic acids is 2. The molecule has 0 atom stereocenters. The number of hydrogen-bond acceptors (Lipinski definition) is 7. The summed E-state index contributed by atoms with van der Waals surface area (Å²) in [5.41, 5.74) is 0. The normalized spacial score (nSPS) is 10.9. The molecule has 0 radical (unpaired) electrons. The van der Waals surface area contributed by atoms with Gasteiger partial charge in [0.15, 0.2) is 0 Å². The van der Waals surface area contributed by atoms with Crippen molar-refractivity contribution in [2.75, 3.05) is 13.2 Å². The zero-order valence-corrected chi connectivity index (χ0v) is 36.7. The standard InChI is InChI=1S/2C22H40O4.Na/c2*1-2-3-4-5-6-7-8-9-10-11-12-13-14-15-16-17-20-26-22(25)19-18-21(23)24;/h2*18-19H,2-17,20H2,1H3,(H,23,24);/q;;+1/p-1/b2*19-18+;. The van der Waals surface area contributed by atoms with E-state index in [9.17, 15) is 24.3 Å². The minimum Gasteiger partial charge on any atom is -0.545 e. The molecular weight excluding hydrogens is 679 g/mol. The van der Waals surface area contributed by atoms with Crippen molar-refractivity contribution in [3.63, 3.8) is 0 Å². The third-order valence-corrected chi connectivity index (χ3v) is 9.20. The zero-order chi connectivity index (χ0) is 38.6. The van der Waals surface area contributed by atoms with Gasteiger partial charge in [-0.1, -0.05) is 206 Å². The van der Waals surface area contributed by atoms with Crippen LogP contribution in [-0.4, -0.2) is 42.2 Å². The first kappa shape index (κ1) is 55.7. The summed E-state index contributed by atoms with van der Waals surface area (Å²) >= 11 is 0. The molecule has 304 valence electrons. The zero-order valence-electron chi connectivity index (χ0n) is 34.7. The van der Waals surface area contributed by atoms with Gasteiger partial charge >= 0.3 is 47.5 Å². The van der Waals surface area contributed by atoms with E-state index in [1.165, 1.54) is 180 Å². The molecule has 0 aliphatic rings. The SMILES string of the molecule is CCCCCCCCCCCCCCCCCCOC(=O)/C=C/C(=O)O.CCCCCCCCCCCCCCCCCCOC(=O)/C=C/C(=O)[O-].[Na+]. The third-order valence-electron chi connectivity index (χ3n) is 9.20. The summed E-state index contributed by atoms with van der Waals surface area (Å²) in [5.74, 6) is -3.71. The third kappa shape index (κ3) is 54.8. The number of esters is 2. The number of hydrogen-bond donors (Lipinski definition) is 1. The van der Waals surface area contributed by atoms with E-state index >= 15 is 0 Å². The van der Waals surface area contributed by atoms with Crippen LogP contribution in [0.2, 0.25) is 0 Å². The van der Waals surface area contributed by atoms with E-state index < -0.39 is 23.9 Å². The van der Waals surface area contributed by atoms with Gasteiger partial charge in [-0.05, 0) is 18.9 Å². The fourth-order valence-corrected chi connectivity index (χ4v) is 6.02. The van der Waals surface area contributed by atoms with Crippen molar-refractivity contribution in [1.29, 1.82) is 0 Å². The Morgan fingerprint density at radius 2 is 0.623 bits per heavy atom.